The van der Waals surface area contributed by atoms with Gasteiger partial charge in [-0.3, -0.25) is 4.79 Å². The van der Waals surface area contributed by atoms with Gasteiger partial charge in [-0.15, -0.1) is 0 Å². The highest BCUT2D eigenvalue weighted by atomic mass is 16.3. The first kappa shape index (κ1) is 12.7. The van der Waals surface area contributed by atoms with Crippen molar-refractivity contribution in [3.8, 4) is 0 Å². The van der Waals surface area contributed by atoms with Crippen LogP contribution in [-0.2, 0) is 11.2 Å². The van der Waals surface area contributed by atoms with E-state index in [1.54, 1.807) is 7.05 Å². The second kappa shape index (κ2) is 5.66. The molecule has 0 atom stereocenters. The number of carbonyl (C=O) groups is 1. The van der Waals surface area contributed by atoms with Crippen LogP contribution in [0.3, 0.4) is 0 Å². The molecule has 1 aromatic carbocycles. The molecule has 88 valence electrons. The average molecular weight is 221 g/mol. The molecular formula is C13H19NO2. The lowest BCUT2D eigenvalue weighted by atomic mass is 10.0. The average Bonchev–Trinajstić information content (AvgIpc) is 2.27. The van der Waals surface area contributed by atoms with Crippen LogP contribution in [0, 0.1) is 5.92 Å². The fraction of sp³-hybridized carbons (Fsp3) is 0.462. The number of rotatable bonds is 4. The Morgan fingerprint density at radius 2 is 1.88 bits per heavy atom. The van der Waals surface area contributed by atoms with Crippen molar-refractivity contribution >= 4 is 11.6 Å². The minimum Gasteiger partial charge on any atom is -0.387 e. The van der Waals surface area contributed by atoms with E-state index >= 15 is 0 Å². The van der Waals surface area contributed by atoms with Gasteiger partial charge >= 0.3 is 0 Å². The Kier molecular flexibility index (Phi) is 4.50. The number of anilines is 1. The van der Waals surface area contributed by atoms with E-state index in [4.69, 9.17) is 5.11 Å². The summed E-state index contributed by atoms with van der Waals surface area (Å²) in [6, 6.07) is 7.86. The summed E-state index contributed by atoms with van der Waals surface area (Å²) < 4.78 is 0. The third kappa shape index (κ3) is 3.35. The van der Waals surface area contributed by atoms with Crippen molar-refractivity contribution in [2.24, 2.45) is 5.92 Å². The van der Waals surface area contributed by atoms with Crippen molar-refractivity contribution in [1.29, 1.82) is 0 Å². The molecule has 0 fully saturated rings. The maximum atomic E-state index is 11.3. The quantitative estimate of drug-likeness (QED) is 0.842. The second-order valence-corrected chi connectivity index (χ2v) is 4.38. The predicted molar refractivity (Wildman–Crippen MR) is 65.5 cm³/mol. The van der Waals surface area contributed by atoms with Crippen LogP contribution in [0.15, 0.2) is 24.3 Å². The minimum absolute atomic E-state index is 0.295. The number of benzene rings is 1. The summed E-state index contributed by atoms with van der Waals surface area (Å²) in [4.78, 5) is 12.7. The van der Waals surface area contributed by atoms with E-state index in [1.807, 2.05) is 24.3 Å². The zero-order chi connectivity index (χ0) is 12.1. The summed E-state index contributed by atoms with van der Waals surface area (Å²) in [5.41, 5.74) is 2.08. The zero-order valence-electron chi connectivity index (χ0n) is 10.1. The fourth-order valence-corrected chi connectivity index (χ4v) is 1.58. The molecule has 0 aliphatic carbocycles. The predicted octanol–water partition coefficient (Wildman–Crippen LogP) is 1.84. The molecule has 1 N–H and O–H groups in total. The highest BCUT2D eigenvalue weighted by Gasteiger charge is 2.08. The number of aliphatic hydroxyl groups excluding tert-OH is 1. The maximum absolute atomic E-state index is 11.3. The lowest BCUT2D eigenvalue weighted by Gasteiger charge is -2.16. The highest BCUT2D eigenvalue weighted by molar-refractivity contribution is 5.93. The van der Waals surface area contributed by atoms with Crippen LogP contribution in [0.5, 0.6) is 0 Å². The molecule has 0 spiro atoms. The van der Waals surface area contributed by atoms with E-state index < -0.39 is 6.61 Å². The molecule has 3 nitrogen and oxygen atoms in total. The van der Waals surface area contributed by atoms with Gasteiger partial charge in [0.05, 0.1) is 0 Å². The van der Waals surface area contributed by atoms with Gasteiger partial charge in [0, 0.05) is 12.7 Å². The van der Waals surface area contributed by atoms with Gasteiger partial charge in [0.25, 0.3) is 5.91 Å². The molecule has 3 heteroatoms. The van der Waals surface area contributed by atoms with Gasteiger partial charge in [0.1, 0.15) is 6.61 Å². The molecule has 1 rings (SSSR count). The largest absolute Gasteiger partial charge is 0.387 e. The molecule has 0 saturated carbocycles. The van der Waals surface area contributed by atoms with E-state index in [0.717, 1.165) is 12.1 Å². The van der Waals surface area contributed by atoms with Crippen LogP contribution in [-0.4, -0.2) is 24.7 Å². The van der Waals surface area contributed by atoms with Crippen molar-refractivity contribution in [2.45, 2.75) is 20.3 Å². The van der Waals surface area contributed by atoms with Crippen LogP contribution >= 0.6 is 0 Å². The first-order valence-corrected chi connectivity index (χ1v) is 5.51. The van der Waals surface area contributed by atoms with Crippen molar-refractivity contribution < 1.29 is 9.90 Å². The summed E-state index contributed by atoms with van der Waals surface area (Å²) in [6.07, 6.45) is 1.04. The molecule has 0 heterocycles. The summed E-state index contributed by atoms with van der Waals surface area (Å²) in [5.74, 6) is 0.333. The third-order valence-corrected chi connectivity index (χ3v) is 2.48. The van der Waals surface area contributed by atoms with Gasteiger partial charge in [-0.1, -0.05) is 26.0 Å². The zero-order valence-corrected chi connectivity index (χ0v) is 10.1. The van der Waals surface area contributed by atoms with E-state index in [-0.39, 0.29) is 5.91 Å². The molecule has 0 saturated heterocycles. The Bertz CT molecular complexity index is 343. The van der Waals surface area contributed by atoms with Gasteiger partial charge in [0.2, 0.25) is 0 Å². The molecule has 0 bridgehead atoms. The molecule has 0 unspecified atom stereocenters. The van der Waals surface area contributed by atoms with Gasteiger partial charge in [-0.25, -0.2) is 0 Å². The van der Waals surface area contributed by atoms with Crippen LogP contribution in [0.4, 0.5) is 5.69 Å². The molecule has 16 heavy (non-hydrogen) atoms. The SMILES string of the molecule is CC(C)Cc1ccc(N(C)C(=O)CO)cc1. The number of carbonyl (C=O) groups excluding carboxylic acids is 1. The number of hydrogen-bond donors (Lipinski definition) is 1. The monoisotopic (exact) mass is 221 g/mol. The molecule has 1 amide bonds. The number of likely N-dealkylation sites (N-methyl/N-ethyl adjacent to an activating group) is 1. The molecule has 1 aromatic rings. The van der Waals surface area contributed by atoms with Crippen LogP contribution < -0.4 is 4.90 Å². The van der Waals surface area contributed by atoms with E-state index in [2.05, 4.69) is 13.8 Å². The minimum atomic E-state index is -0.454. The van der Waals surface area contributed by atoms with Crippen molar-refractivity contribution in [1.82, 2.24) is 0 Å². The fourth-order valence-electron chi connectivity index (χ4n) is 1.58. The van der Waals surface area contributed by atoms with Crippen LogP contribution in [0.2, 0.25) is 0 Å². The summed E-state index contributed by atoms with van der Waals surface area (Å²) >= 11 is 0. The van der Waals surface area contributed by atoms with E-state index in [9.17, 15) is 4.79 Å². The lowest BCUT2D eigenvalue weighted by molar-refractivity contribution is -0.120. The number of amides is 1. The smallest absolute Gasteiger partial charge is 0.252 e. The van der Waals surface area contributed by atoms with Crippen molar-refractivity contribution in [3.63, 3.8) is 0 Å². The number of aliphatic hydroxyl groups is 1. The highest BCUT2D eigenvalue weighted by Crippen LogP contribution is 2.16. The van der Waals surface area contributed by atoms with Crippen molar-refractivity contribution in [3.05, 3.63) is 29.8 Å². The summed E-state index contributed by atoms with van der Waals surface area (Å²) in [7, 11) is 1.66. The first-order valence-electron chi connectivity index (χ1n) is 5.51. The Labute approximate surface area is 96.7 Å². The van der Waals surface area contributed by atoms with Gasteiger partial charge in [-0.2, -0.15) is 0 Å². The van der Waals surface area contributed by atoms with E-state index in [0.29, 0.717) is 5.92 Å². The van der Waals surface area contributed by atoms with Crippen LogP contribution in [0.1, 0.15) is 19.4 Å². The second-order valence-electron chi connectivity index (χ2n) is 4.38. The molecule has 0 aromatic heterocycles. The van der Waals surface area contributed by atoms with Crippen molar-refractivity contribution in [2.75, 3.05) is 18.6 Å². The van der Waals surface area contributed by atoms with Gasteiger partial charge < -0.3 is 10.0 Å². The third-order valence-electron chi connectivity index (χ3n) is 2.48. The molecule has 0 radical (unpaired) electrons. The molecule has 0 aliphatic heterocycles. The number of hydrogen-bond acceptors (Lipinski definition) is 2. The van der Waals surface area contributed by atoms with Crippen LogP contribution in [0.25, 0.3) is 0 Å². The summed E-state index contributed by atoms with van der Waals surface area (Å²) in [5, 5.41) is 8.75. The Hall–Kier alpha value is -1.35. The topological polar surface area (TPSA) is 40.5 Å². The summed E-state index contributed by atoms with van der Waals surface area (Å²) in [6.45, 7) is 3.90. The molecule has 0 aliphatic rings. The van der Waals surface area contributed by atoms with Gasteiger partial charge in [0.15, 0.2) is 0 Å². The Morgan fingerprint density at radius 3 is 2.31 bits per heavy atom. The normalized spacial score (nSPS) is 10.6. The maximum Gasteiger partial charge on any atom is 0.252 e. The number of nitrogens with zero attached hydrogens (tertiary/aromatic N) is 1. The Morgan fingerprint density at radius 1 is 1.31 bits per heavy atom. The Balaban J connectivity index is 2.74. The molecular weight excluding hydrogens is 202 g/mol. The van der Waals surface area contributed by atoms with E-state index in [1.165, 1.54) is 10.5 Å². The first-order chi connectivity index (χ1) is 7.54. The van der Waals surface area contributed by atoms with Gasteiger partial charge in [-0.05, 0) is 30.0 Å². The lowest BCUT2D eigenvalue weighted by Crippen LogP contribution is -2.28. The standard InChI is InChI=1S/C13H19NO2/c1-10(2)8-11-4-6-12(7-5-11)14(3)13(16)9-15/h4-7,10,15H,8-9H2,1-3H3.